The highest BCUT2D eigenvalue weighted by atomic mass is 79.9. The van der Waals surface area contributed by atoms with E-state index in [-0.39, 0.29) is 12.1 Å². The molecule has 0 heterocycles. The molecule has 0 aliphatic rings. The summed E-state index contributed by atoms with van der Waals surface area (Å²) >= 11 is 3.53. The second-order valence-corrected chi connectivity index (χ2v) is 5.06. The minimum Gasteiger partial charge on any atom is -0.497 e. The quantitative estimate of drug-likeness (QED) is 0.879. The van der Waals surface area contributed by atoms with Crippen molar-refractivity contribution in [2.75, 3.05) is 14.2 Å². The number of nitrogens with two attached hydrogens (primary N) is 1. The molecule has 2 N–H and O–H groups in total. The van der Waals surface area contributed by atoms with E-state index in [9.17, 15) is 0 Å². The molecule has 1 aromatic carbocycles. The highest BCUT2D eigenvalue weighted by Crippen LogP contribution is 2.24. The molecule has 0 spiro atoms. The Bertz CT molecular complexity index is 357. The van der Waals surface area contributed by atoms with Crippen LogP contribution in [0.25, 0.3) is 0 Å². The molecule has 4 heteroatoms. The Morgan fingerprint density at radius 1 is 1.35 bits per heavy atom. The van der Waals surface area contributed by atoms with Gasteiger partial charge in [0, 0.05) is 17.6 Å². The fourth-order valence-electron chi connectivity index (χ4n) is 1.72. The van der Waals surface area contributed by atoms with E-state index in [0.717, 1.165) is 23.1 Å². The zero-order valence-electron chi connectivity index (χ0n) is 10.6. The molecule has 0 saturated carbocycles. The maximum absolute atomic E-state index is 6.10. The molecule has 0 saturated heterocycles. The number of rotatable bonds is 6. The minimum atomic E-state index is 0.0911. The molecular formula is C13H20BrNO2. The first-order valence-corrected chi connectivity index (χ1v) is 6.47. The molecule has 2 unspecified atom stereocenters. The SMILES string of the molecule is COc1ccc(Br)c(CC(N)CC(C)OC)c1. The lowest BCUT2D eigenvalue weighted by Gasteiger charge is -2.17. The maximum Gasteiger partial charge on any atom is 0.119 e. The summed E-state index contributed by atoms with van der Waals surface area (Å²) in [6.07, 6.45) is 1.85. The van der Waals surface area contributed by atoms with Crippen LogP contribution in [0.5, 0.6) is 5.75 Å². The fraction of sp³-hybridized carbons (Fsp3) is 0.538. The van der Waals surface area contributed by atoms with Crippen LogP contribution in [0.1, 0.15) is 18.9 Å². The van der Waals surface area contributed by atoms with Crippen molar-refractivity contribution in [3.05, 3.63) is 28.2 Å². The van der Waals surface area contributed by atoms with Gasteiger partial charge in [-0.25, -0.2) is 0 Å². The van der Waals surface area contributed by atoms with Gasteiger partial charge >= 0.3 is 0 Å². The van der Waals surface area contributed by atoms with Gasteiger partial charge in [-0.2, -0.15) is 0 Å². The van der Waals surface area contributed by atoms with Crippen molar-refractivity contribution in [3.8, 4) is 5.75 Å². The van der Waals surface area contributed by atoms with Gasteiger partial charge in [0.2, 0.25) is 0 Å². The molecule has 3 nitrogen and oxygen atoms in total. The molecule has 1 rings (SSSR count). The van der Waals surface area contributed by atoms with E-state index >= 15 is 0 Å². The second kappa shape index (κ2) is 6.99. The van der Waals surface area contributed by atoms with Gasteiger partial charge in [0.15, 0.2) is 0 Å². The van der Waals surface area contributed by atoms with E-state index in [2.05, 4.69) is 15.9 Å². The largest absolute Gasteiger partial charge is 0.497 e. The lowest BCUT2D eigenvalue weighted by molar-refractivity contribution is 0.104. The van der Waals surface area contributed by atoms with E-state index < -0.39 is 0 Å². The van der Waals surface area contributed by atoms with Crippen LogP contribution in [0, 0.1) is 0 Å². The maximum atomic E-state index is 6.10. The summed E-state index contributed by atoms with van der Waals surface area (Å²) in [5, 5.41) is 0. The Balaban J connectivity index is 2.66. The van der Waals surface area contributed by atoms with Gasteiger partial charge in [-0.15, -0.1) is 0 Å². The standard InChI is InChI=1S/C13H20BrNO2/c1-9(16-2)6-11(15)7-10-8-12(17-3)4-5-13(10)14/h4-5,8-9,11H,6-7,15H2,1-3H3. The first-order chi connectivity index (χ1) is 8.06. The fourth-order valence-corrected chi connectivity index (χ4v) is 2.13. The lowest BCUT2D eigenvalue weighted by atomic mass is 10.0. The van der Waals surface area contributed by atoms with Crippen molar-refractivity contribution in [2.45, 2.75) is 31.9 Å². The number of hydrogen-bond donors (Lipinski definition) is 1. The van der Waals surface area contributed by atoms with E-state index in [1.54, 1.807) is 14.2 Å². The Morgan fingerprint density at radius 2 is 2.06 bits per heavy atom. The number of halogens is 1. The van der Waals surface area contributed by atoms with Gasteiger partial charge in [0.1, 0.15) is 5.75 Å². The molecule has 96 valence electrons. The molecule has 17 heavy (non-hydrogen) atoms. The Kier molecular flexibility index (Phi) is 5.95. The molecule has 1 aromatic rings. The third-order valence-electron chi connectivity index (χ3n) is 2.77. The summed E-state index contributed by atoms with van der Waals surface area (Å²) in [6.45, 7) is 2.03. The molecule has 0 amide bonds. The van der Waals surface area contributed by atoms with Gasteiger partial charge in [-0.05, 0) is 43.5 Å². The Hall–Kier alpha value is -0.580. The minimum absolute atomic E-state index is 0.0911. The van der Waals surface area contributed by atoms with Crippen molar-refractivity contribution in [3.63, 3.8) is 0 Å². The first-order valence-electron chi connectivity index (χ1n) is 5.67. The molecular weight excluding hydrogens is 282 g/mol. The average molecular weight is 302 g/mol. The topological polar surface area (TPSA) is 44.5 Å². The summed E-state index contributed by atoms with van der Waals surface area (Å²) in [6, 6.07) is 6.02. The zero-order valence-corrected chi connectivity index (χ0v) is 12.2. The molecule has 0 fully saturated rings. The van der Waals surface area contributed by atoms with Gasteiger partial charge in [-0.1, -0.05) is 15.9 Å². The van der Waals surface area contributed by atoms with Crippen molar-refractivity contribution in [1.82, 2.24) is 0 Å². The second-order valence-electron chi connectivity index (χ2n) is 4.20. The predicted octanol–water partition coefficient (Wildman–Crippen LogP) is 2.75. The highest BCUT2D eigenvalue weighted by molar-refractivity contribution is 9.10. The van der Waals surface area contributed by atoms with E-state index in [1.807, 2.05) is 25.1 Å². The lowest BCUT2D eigenvalue weighted by Crippen LogP contribution is -2.28. The van der Waals surface area contributed by atoms with Crippen LogP contribution in [-0.4, -0.2) is 26.4 Å². The third kappa shape index (κ3) is 4.66. The highest BCUT2D eigenvalue weighted by Gasteiger charge is 2.11. The average Bonchev–Trinajstić information content (AvgIpc) is 2.31. The van der Waals surface area contributed by atoms with E-state index in [1.165, 1.54) is 5.56 Å². The predicted molar refractivity (Wildman–Crippen MR) is 73.5 cm³/mol. The molecule has 2 atom stereocenters. The monoisotopic (exact) mass is 301 g/mol. The first kappa shape index (κ1) is 14.5. The normalized spacial score (nSPS) is 14.4. The van der Waals surface area contributed by atoms with Crippen LogP contribution in [0.4, 0.5) is 0 Å². The van der Waals surface area contributed by atoms with Gasteiger partial charge in [0.25, 0.3) is 0 Å². The number of benzene rings is 1. The van der Waals surface area contributed by atoms with Crippen LogP contribution >= 0.6 is 15.9 Å². The van der Waals surface area contributed by atoms with E-state index in [4.69, 9.17) is 15.2 Å². The zero-order chi connectivity index (χ0) is 12.8. The van der Waals surface area contributed by atoms with Gasteiger partial charge < -0.3 is 15.2 Å². The van der Waals surface area contributed by atoms with Crippen LogP contribution in [-0.2, 0) is 11.2 Å². The van der Waals surface area contributed by atoms with Crippen molar-refractivity contribution in [1.29, 1.82) is 0 Å². The molecule has 0 aromatic heterocycles. The van der Waals surface area contributed by atoms with Gasteiger partial charge in [0.05, 0.1) is 13.2 Å². The summed E-state index contributed by atoms with van der Waals surface area (Å²) in [4.78, 5) is 0. The number of methoxy groups -OCH3 is 2. The van der Waals surface area contributed by atoms with Crippen molar-refractivity contribution >= 4 is 15.9 Å². The summed E-state index contributed by atoms with van der Waals surface area (Å²) in [5.74, 6) is 0.857. The molecule has 0 bridgehead atoms. The molecule has 0 radical (unpaired) electrons. The summed E-state index contributed by atoms with van der Waals surface area (Å²) < 4.78 is 11.5. The number of hydrogen-bond acceptors (Lipinski definition) is 3. The smallest absolute Gasteiger partial charge is 0.119 e. The molecule has 0 aliphatic heterocycles. The van der Waals surface area contributed by atoms with Crippen LogP contribution in [0.2, 0.25) is 0 Å². The van der Waals surface area contributed by atoms with Crippen molar-refractivity contribution < 1.29 is 9.47 Å². The van der Waals surface area contributed by atoms with Crippen LogP contribution in [0.15, 0.2) is 22.7 Å². The number of ether oxygens (including phenoxy) is 2. The van der Waals surface area contributed by atoms with Crippen molar-refractivity contribution in [2.24, 2.45) is 5.73 Å². The molecule has 0 aliphatic carbocycles. The van der Waals surface area contributed by atoms with Gasteiger partial charge in [-0.3, -0.25) is 0 Å². The van der Waals surface area contributed by atoms with Crippen LogP contribution < -0.4 is 10.5 Å². The Morgan fingerprint density at radius 3 is 2.65 bits per heavy atom. The summed E-state index contributed by atoms with van der Waals surface area (Å²) in [7, 11) is 3.37. The third-order valence-corrected chi connectivity index (χ3v) is 3.55. The van der Waals surface area contributed by atoms with E-state index in [0.29, 0.717) is 0 Å². The summed E-state index contributed by atoms with van der Waals surface area (Å²) in [5.41, 5.74) is 7.27. The van der Waals surface area contributed by atoms with Crippen LogP contribution in [0.3, 0.4) is 0 Å². The Labute approximate surface area is 111 Å².